The van der Waals surface area contributed by atoms with Gasteiger partial charge in [0, 0.05) is 39.1 Å². The number of ether oxygens (including phenoxy) is 1. The largest absolute Gasteiger partial charge is 0.387 e. The molecule has 1 fully saturated rings. The van der Waals surface area contributed by atoms with E-state index < -0.39 is 0 Å². The lowest BCUT2D eigenvalue weighted by Crippen LogP contribution is -2.46. The highest BCUT2D eigenvalue weighted by Crippen LogP contribution is 2.23. The predicted molar refractivity (Wildman–Crippen MR) is 79.0 cm³/mol. The van der Waals surface area contributed by atoms with Crippen LogP contribution in [0.15, 0.2) is 12.3 Å². The van der Waals surface area contributed by atoms with Gasteiger partial charge < -0.3 is 15.0 Å². The molecule has 0 spiro atoms. The molecule has 2 heterocycles. The topological polar surface area (TPSA) is 54.5 Å². The summed E-state index contributed by atoms with van der Waals surface area (Å²) in [5.41, 5.74) is 2.35. The zero-order valence-electron chi connectivity index (χ0n) is 12.6. The Kier molecular flexibility index (Phi) is 4.60. The third-order valence-corrected chi connectivity index (χ3v) is 4.02. The van der Waals surface area contributed by atoms with E-state index in [1.807, 2.05) is 24.9 Å². The molecule has 0 aromatic carbocycles. The molecule has 0 radical (unpaired) electrons. The van der Waals surface area contributed by atoms with Crippen LogP contribution in [0, 0.1) is 12.8 Å². The number of anilines is 1. The average molecular weight is 277 g/mol. The molecule has 1 N–H and O–H groups in total. The van der Waals surface area contributed by atoms with Crippen molar-refractivity contribution in [2.24, 2.45) is 5.92 Å². The van der Waals surface area contributed by atoms with Gasteiger partial charge in [0.2, 0.25) is 0 Å². The van der Waals surface area contributed by atoms with Gasteiger partial charge in [-0.15, -0.1) is 0 Å². The molecule has 0 bridgehead atoms. The summed E-state index contributed by atoms with van der Waals surface area (Å²) in [5.74, 6) is 0.514. The molecule has 2 rings (SSSR count). The molecule has 1 aliphatic rings. The number of nitrogens with zero attached hydrogens (tertiary/aromatic N) is 2. The summed E-state index contributed by atoms with van der Waals surface area (Å²) in [5, 5.41) is 3.07. The highest BCUT2D eigenvalue weighted by molar-refractivity contribution is 5.99. The Labute approximate surface area is 120 Å². The SMILES string of the molecule is CNc1cc(C)ncc1C(=O)N1CCC(C)C(OC)C1. The first-order chi connectivity index (χ1) is 9.56. The fraction of sp³-hybridized carbons (Fsp3) is 0.600. The summed E-state index contributed by atoms with van der Waals surface area (Å²) in [6.45, 7) is 5.51. The van der Waals surface area contributed by atoms with Crippen molar-refractivity contribution in [2.45, 2.75) is 26.4 Å². The van der Waals surface area contributed by atoms with E-state index in [1.54, 1.807) is 13.3 Å². The molecule has 1 amide bonds. The Balaban J connectivity index is 2.19. The standard InChI is InChI=1S/C15H23N3O2/c1-10-5-6-18(9-14(10)20-4)15(19)12-8-17-11(2)7-13(12)16-3/h7-8,10,14H,5-6,9H2,1-4H3,(H,16,17). The number of hydrogen-bond acceptors (Lipinski definition) is 4. The van der Waals surface area contributed by atoms with Gasteiger partial charge >= 0.3 is 0 Å². The van der Waals surface area contributed by atoms with Crippen LogP contribution in [-0.4, -0.2) is 49.1 Å². The van der Waals surface area contributed by atoms with Crippen LogP contribution in [0.2, 0.25) is 0 Å². The van der Waals surface area contributed by atoms with E-state index in [0.717, 1.165) is 24.3 Å². The van der Waals surface area contributed by atoms with Crippen molar-refractivity contribution in [1.29, 1.82) is 0 Å². The van der Waals surface area contributed by atoms with Gasteiger partial charge in [-0.1, -0.05) is 6.92 Å². The van der Waals surface area contributed by atoms with Gasteiger partial charge in [-0.2, -0.15) is 0 Å². The normalized spacial score (nSPS) is 22.7. The number of rotatable bonds is 3. The van der Waals surface area contributed by atoms with E-state index in [-0.39, 0.29) is 12.0 Å². The molecular weight excluding hydrogens is 254 g/mol. The number of pyridine rings is 1. The van der Waals surface area contributed by atoms with Gasteiger partial charge in [-0.3, -0.25) is 9.78 Å². The van der Waals surface area contributed by atoms with Crippen LogP contribution >= 0.6 is 0 Å². The molecule has 110 valence electrons. The summed E-state index contributed by atoms with van der Waals surface area (Å²) >= 11 is 0. The summed E-state index contributed by atoms with van der Waals surface area (Å²) in [4.78, 5) is 18.8. The lowest BCUT2D eigenvalue weighted by Gasteiger charge is -2.36. The number of piperidine rings is 1. The molecule has 20 heavy (non-hydrogen) atoms. The summed E-state index contributed by atoms with van der Waals surface area (Å²) in [7, 11) is 3.53. The van der Waals surface area contributed by atoms with Crippen molar-refractivity contribution in [2.75, 3.05) is 32.6 Å². The maximum Gasteiger partial charge on any atom is 0.257 e. The fourth-order valence-electron chi connectivity index (χ4n) is 2.63. The maximum absolute atomic E-state index is 12.6. The Hall–Kier alpha value is -1.62. The molecule has 1 aliphatic heterocycles. The molecule has 2 atom stereocenters. The highest BCUT2D eigenvalue weighted by Gasteiger charge is 2.30. The van der Waals surface area contributed by atoms with Gasteiger partial charge in [-0.05, 0) is 25.3 Å². The Morgan fingerprint density at radius 2 is 2.30 bits per heavy atom. The second kappa shape index (κ2) is 6.22. The molecule has 1 aromatic rings. The minimum absolute atomic E-state index is 0.0239. The molecule has 2 unspecified atom stereocenters. The van der Waals surface area contributed by atoms with Gasteiger partial charge in [-0.25, -0.2) is 0 Å². The monoisotopic (exact) mass is 277 g/mol. The minimum Gasteiger partial charge on any atom is -0.387 e. The van der Waals surface area contributed by atoms with E-state index >= 15 is 0 Å². The third kappa shape index (κ3) is 2.93. The minimum atomic E-state index is 0.0239. The van der Waals surface area contributed by atoms with E-state index in [9.17, 15) is 4.79 Å². The van der Waals surface area contributed by atoms with Crippen LogP contribution in [0.4, 0.5) is 5.69 Å². The summed E-state index contributed by atoms with van der Waals surface area (Å²) in [6.07, 6.45) is 2.74. The highest BCUT2D eigenvalue weighted by atomic mass is 16.5. The Morgan fingerprint density at radius 3 is 2.95 bits per heavy atom. The van der Waals surface area contributed by atoms with Crippen molar-refractivity contribution in [3.05, 3.63) is 23.5 Å². The molecule has 0 aliphatic carbocycles. The molecule has 0 saturated carbocycles. The van der Waals surface area contributed by atoms with Crippen molar-refractivity contribution in [3.63, 3.8) is 0 Å². The number of nitrogens with one attached hydrogen (secondary N) is 1. The predicted octanol–water partition coefficient (Wildman–Crippen LogP) is 1.93. The summed E-state index contributed by atoms with van der Waals surface area (Å²) in [6, 6.07) is 1.90. The van der Waals surface area contributed by atoms with Crippen LogP contribution in [-0.2, 0) is 4.74 Å². The fourth-order valence-corrected chi connectivity index (χ4v) is 2.63. The molecular formula is C15H23N3O2. The van der Waals surface area contributed by atoms with Crippen LogP contribution < -0.4 is 5.32 Å². The van der Waals surface area contributed by atoms with Gasteiger partial charge in [0.15, 0.2) is 0 Å². The first kappa shape index (κ1) is 14.8. The first-order valence-electron chi connectivity index (χ1n) is 7.03. The van der Waals surface area contributed by atoms with E-state index in [1.165, 1.54) is 0 Å². The third-order valence-electron chi connectivity index (χ3n) is 4.02. The van der Waals surface area contributed by atoms with E-state index in [2.05, 4.69) is 17.2 Å². The number of amides is 1. The smallest absolute Gasteiger partial charge is 0.257 e. The number of aromatic nitrogens is 1. The second-order valence-corrected chi connectivity index (χ2v) is 5.41. The van der Waals surface area contributed by atoms with E-state index in [0.29, 0.717) is 18.0 Å². The average Bonchev–Trinajstić information content (AvgIpc) is 2.46. The van der Waals surface area contributed by atoms with Crippen LogP contribution in [0.3, 0.4) is 0 Å². The number of carbonyl (C=O) groups is 1. The van der Waals surface area contributed by atoms with Gasteiger partial charge in [0.25, 0.3) is 5.91 Å². The zero-order chi connectivity index (χ0) is 14.7. The number of carbonyl (C=O) groups excluding carboxylic acids is 1. The molecule has 1 aromatic heterocycles. The van der Waals surface area contributed by atoms with Crippen molar-refractivity contribution in [3.8, 4) is 0 Å². The molecule has 5 nitrogen and oxygen atoms in total. The number of hydrogen-bond donors (Lipinski definition) is 1. The Morgan fingerprint density at radius 1 is 1.55 bits per heavy atom. The van der Waals surface area contributed by atoms with Crippen LogP contribution in [0.5, 0.6) is 0 Å². The van der Waals surface area contributed by atoms with E-state index in [4.69, 9.17) is 4.74 Å². The lowest BCUT2D eigenvalue weighted by molar-refractivity contribution is -0.00154. The second-order valence-electron chi connectivity index (χ2n) is 5.41. The Bertz CT molecular complexity index is 490. The lowest BCUT2D eigenvalue weighted by atomic mass is 9.95. The first-order valence-corrected chi connectivity index (χ1v) is 7.03. The van der Waals surface area contributed by atoms with Crippen LogP contribution in [0.1, 0.15) is 29.4 Å². The van der Waals surface area contributed by atoms with Gasteiger partial charge in [0.05, 0.1) is 17.4 Å². The van der Waals surface area contributed by atoms with Crippen molar-refractivity contribution < 1.29 is 9.53 Å². The maximum atomic E-state index is 12.6. The quantitative estimate of drug-likeness (QED) is 0.917. The van der Waals surface area contributed by atoms with Gasteiger partial charge in [0.1, 0.15) is 0 Å². The number of likely N-dealkylation sites (tertiary alicyclic amines) is 1. The van der Waals surface area contributed by atoms with Crippen molar-refractivity contribution >= 4 is 11.6 Å². The van der Waals surface area contributed by atoms with Crippen molar-refractivity contribution in [1.82, 2.24) is 9.88 Å². The van der Waals surface area contributed by atoms with Crippen LogP contribution in [0.25, 0.3) is 0 Å². The zero-order valence-corrected chi connectivity index (χ0v) is 12.6. The number of methoxy groups -OCH3 is 1. The summed E-state index contributed by atoms with van der Waals surface area (Å²) < 4.78 is 5.47. The molecule has 5 heteroatoms. The number of aryl methyl sites for hydroxylation is 1. The molecule has 1 saturated heterocycles.